The van der Waals surface area contributed by atoms with Gasteiger partial charge in [0.15, 0.2) is 0 Å². The Labute approximate surface area is 183 Å². The summed E-state index contributed by atoms with van der Waals surface area (Å²) in [5.74, 6) is 0.776. The average Bonchev–Trinajstić information content (AvgIpc) is 2.82. The van der Waals surface area contributed by atoms with Crippen molar-refractivity contribution in [3.8, 4) is 5.75 Å². The van der Waals surface area contributed by atoms with Crippen molar-refractivity contribution in [2.75, 3.05) is 33.3 Å². The molecular weight excluding hydrogens is 388 g/mol. The minimum atomic E-state index is -0.552. The van der Waals surface area contributed by atoms with E-state index in [2.05, 4.69) is 26.3 Å². The maximum absolute atomic E-state index is 10.9. The van der Waals surface area contributed by atoms with E-state index in [0.717, 1.165) is 60.4 Å². The Morgan fingerprint density at radius 3 is 2.81 bits per heavy atom. The van der Waals surface area contributed by atoms with Crippen molar-refractivity contribution in [1.82, 2.24) is 20.2 Å². The lowest BCUT2D eigenvalue weighted by atomic mass is 10.0. The van der Waals surface area contributed by atoms with Crippen LogP contribution in [0, 0.1) is 0 Å². The third-order valence-corrected chi connectivity index (χ3v) is 5.86. The summed E-state index contributed by atoms with van der Waals surface area (Å²) in [6.07, 6.45) is 9.35. The highest BCUT2D eigenvalue weighted by atomic mass is 16.5. The van der Waals surface area contributed by atoms with Crippen LogP contribution in [-0.4, -0.2) is 59.3 Å². The molecule has 31 heavy (non-hydrogen) atoms. The van der Waals surface area contributed by atoms with E-state index in [9.17, 15) is 5.11 Å². The van der Waals surface area contributed by atoms with Gasteiger partial charge in [-0.2, -0.15) is 0 Å². The number of rotatable bonds is 8. The second-order valence-electron chi connectivity index (χ2n) is 7.94. The first-order valence-electron chi connectivity index (χ1n) is 10.9. The third kappa shape index (κ3) is 5.67. The van der Waals surface area contributed by atoms with E-state index in [1.54, 1.807) is 13.3 Å². The molecule has 6 nitrogen and oxygen atoms in total. The van der Waals surface area contributed by atoms with E-state index < -0.39 is 6.10 Å². The van der Waals surface area contributed by atoms with Gasteiger partial charge >= 0.3 is 0 Å². The van der Waals surface area contributed by atoms with Gasteiger partial charge in [0.1, 0.15) is 5.75 Å². The first kappa shape index (κ1) is 21.4. The van der Waals surface area contributed by atoms with E-state index in [0.29, 0.717) is 12.6 Å². The maximum atomic E-state index is 10.9. The largest absolute Gasteiger partial charge is 0.497 e. The van der Waals surface area contributed by atoms with Gasteiger partial charge in [0.25, 0.3) is 0 Å². The van der Waals surface area contributed by atoms with Crippen LogP contribution in [0.2, 0.25) is 0 Å². The Balaban J connectivity index is 1.27. The van der Waals surface area contributed by atoms with Gasteiger partial charge in [-0.15, -0.1) is 0 Å². The number of nitrogens with zero attached hydrogens (tertiary/aromatic N) is 3. The number of hydrogen-bond acceptors (Lipinski definition) is 6. The zero-order chi connectivity index (χ0) is 21.5. The minimum absolute atomic E-state index is 0.507. The number of aliphatic hydroxyl groups excluding tert-OH is 1. The smallest absolute Gasteiger partial charge is 0.119 e. The molecule has 0 spiro atoms. The highest BCUT2D eigenvalue weighted by Crippen LogP contribution is 2.27. The standard InChI is InChI=1S/C25H30N4O2/c1-31-21-7-8-24-23(17-21)22(9-14-28-24)25(30)18-29-15-10-20(11-16-29)27-13-4-6-19-5-2-3-12-26-19/h2-9,12,14,17,20,25,27,30H,10-11,13,15-16,18H2,1H3/t25-/m0/s1. The number of pyridine rings is 2. The van der Waals surface area contributed by atoms with Crippen LogP contribution in [0.3, 0.4) is 0 Å². The molecule has 0 radical (unpaired) electrons. The van der Waals surface area contributed by atoms with Crippen molar-refractivity contribution in [2.24, 2.45) is 0 Å². The number of β-amino-alcohol motifs (C(OH)–C–C–N with tert-alkyl or cyclic N) is 1. The Bertz CT molecular complexity index is 1000. The molecule has 4 rings (SSSR count). The van der Waals surface area contributed by atoms with Gasteiger partial charge in [-0.05, 0) is 74.0 Å². The number of piperidine rings is 1. The fourth-order valence-corrected chi connectivity index (χ4v) is 4.12. The predicted octanol–water partition coefficient (Wildman–Crippen LogP) is 3.44. The number of aromatic nitrogens is 2. The summed E-state index contributed by atoms with van der Waals surface area (Å²) >= 11 is 0. The SMILES string of the molecule is COc1ccc2nccc([C@@H](O)CN3CCC(NCC=Cc4ccccn4)CC3)c2c1. The molecule has 0 saturated carbocycles. The lowest BCUT2D eigenvalue weighted by molar-refractivity contribution is 0.0955. The molecular formula is C25H30N4O2. The summed E-state index contributed by atoms with van der Waals surface area (Å²) in [7, 11) is 1.65. The second kappa shape index (κ2) is 10.5. The monoisotopic (exact) mass is 418 g/mol. The molecule has 3 heterocycles. The van der Waals surface area contributed by atoms with Crippen molar-refractivity contribution in [2.45, 2.75) is 25.0 Å². The average molecular weight is 419 g/mol. The molecule has 1 saturated heterocycles. The fraction of sp³-hybridized carbons (Fsp3) is 0.360. The van der Waals surface area contributed by atoms with Crippen LogP contribution in [0.25, 0.3) is 17.0 Å². The highest BCUT2D eigenvalue weighted by molar-refractivity contribution is 5.83. The highest BCUT2D eigenvalue weighted by Gasteiger charge is 2.22. The van der Waals surface area contributed by atoms with E-state index in [1.807, 2.05) is 54.7 Å². The second-order valence-corrected chi connectivity index (χ2v) is 7.94. The van der Waals surface area contributed by atoms with E-state index >= 15 is 0 Å². The van der Waals surface area contributed by atoms with Crippen LogP contribution in [-0.2, 0) is 0 Å². The van der Waals surface area contributed by atoms with E-state index in [4.69, 9.17) is 4.74 Å². The summed E-state index contributed by atoms with van der Waals surface area (Å²) in [5.41, 5.74) is 2.76. The minimum Gasteiger partial charge on any atom is -0.497 e. The van der Waals surface area contributed by atoms with Crippen molar-refractivity contribution in [3.63, 3.8) is 0 Å². The summed E-state index contributed by atoms with van der Waals surface area (Å²) in [6, 6.07) is 14.1. The number of fused-ring (bicyclic) bond motifs is 1. The molecule has 0 bridgehead atoms. The van der Waals surface area contributed by atoms with Gasteiger partial charge in [0, 0.05) is 36.9 Å². The van der Waals surface area contributed by atoms with Gasteiger partial charge < -0.3 is 20.1 Å². The fourth-order valence-electron chi connectivity index (χ4n) is 4.12. The van der Waals surface area contributed by atoms with Crippen molar-refractivity contribution in [1.29, 1.82) is 0 Å². The quantitative estimate of drug-likeness (QED) is 0.584. The molecule has 1 aliphatic rings. The summed E-state index contributed by atoms with van der Waals surface area (Å²) < 4.78 is 5.35. The summed E-state index contributed by atoms with van der Waals surface area (Å²) in [5, 5.41) is 15.5. The third-order valence-electron chi connectivity index (χ3n) is 5.86. The zero-order valence-electron chi connectivity index (χ0n) is 17.9. The number of benzene rings is 1. The Morgan fingerprint density at radius 1 is 1.16 bits per heavy atom. The number of ether oxygens (including phenoxy) is 1. The van der Waals surface area contributed by atoms with Crippen LogP contribution in [0.4, 0.5) is 0 Å². The normalized spacial score (nSPS) is 16.7. The molecule has 6 heteroatoms. The number of aliphatic hydroxyl groups is 1. The number of hydrogen-bond donors (Lipinski definition) is 2. The number of methoxy groups -OCH3 is 1. The Kier molecular flexibility index (Phi) is 7.25. The number of likely N-dealkylation sites (tertiary alicyclic amines) is 1. The molecule has 1 fully saturated rings. The molecule has 0 unspecified atom stereocenters. The topological polar surface area (TPSA) is 70.5 Å². The molecule has 2 N–H and O–H groups in total. The molecule has 0 amide bonds. The molecule has 162 valence electrons. The van der Waals surface area contributed by atoms with Crippen molar-refractivity contribution >= 4 is 17.0 Å². The van der Waals surface area contributed by atoms with Gasteiger partial charge in [0.05, 0.1) is 24.4 Å². The van der Waals surface area contributed by atoms with Crippen LogP contribution < -0.4 is 10.1 Å². The van der Waals surface area contributed by atoms with Crippen LogP contribution in [0.1, 0.15) is 30.2 Å². The predicted molar refractivity (Wildman–Crippen MR) is 124 cm³/mol. The summed E-state index contributed by atoms with van der Waals surface area (Å²) in [4.78, 5) is 11.1. The van der Waals surface area contributed by atoms with Gasteiger partial charge in [0.2, 0.25) is 0 Å². The zero-order valence-corrected chi connectivity index (χ0v) is 17.9. The first-order valence-corrected chi connectivity index (χ1v) is 10.9. The van der Waals surface area contributed by atoms with Crippen molar-refractivity contribution in [3.05, 3.63) is 72.2 Å². The Morgan fingerprint density at radius 2 is 2.03 bits per heavy atom. The lowest BCUT2D eigenvalue weighted by Crippen LogP contribution is -2.43. The van der Waals surface area contributed by atoms with Crippen LogP contribution in [0.5, 0.6) is 5.75 Å². The number of nitrogens with one attached hydrogen (secondary N) is 1. The van der Waals surface area contributed by atoms with Gasteiger partial charge in [-0.1, -0.05) is 12.1 Å². The molecule has 1 aliphatic heterocycles. The van der Waals surface area contributed by atoms with E-state index in [1.165, 1.54) is 0 Å². The molecule has 2 aromatic heterocycles. The molecule has 1 atom stereocenters. The van der Waals surface area contributed by atoms with Gasteiger partial charge in [-0.3, -0.25) is 9.97 Å². The first-order chi connectivity index (χ1) is 15.2. The lowest BCUT2D eigenvalue weighted by Gasteiger charge is -2.33. The van der Waals surface area contributed by atoms with Gasteiger partial charge in [-0.25, -0.2) is 0 Å². The van der Waals surface area contributed by atoms with Crippen LogP contribution >= 0.6 is 0 Å². The van der Waals surface area contributed by atoms with Crippen LogP contribution in [0.15, 0.2) is 60.9 Å². The molecule has 0 aliphatic carbocycles. The Hall–Kier alpha value is -2.80. The molecule has 1 aromatic carbocycles. The maximum Gasteiger partial charge on any atom is 0.119 e. The summed E-state index contributed by atoms with van der Waals surface area (Å²) in [6.45, 7) is 3.42. The van der Waals surface area contributed by atoms with Crippen molar-refractivity contribution < 1.29 is 9.84 Å². The van der Waals surface area contributed by atoms with E-state index in [-0.39, 0.29) is 0 Å². The molecule has 3 aromatic rings.